The molecule has 0 heterocycles. The van der Waals surface area contributed by atoms with Crippen LogP contribution in [0.1, 0.15) is 85.9 Å². The summed E-state index contributed by atoms with van der Waals surface area (Å²) in [6.07, 6.45) is 0. The summed E-state index contributed by atoms with van der Waals surface area (Å²) in [6.45, 7) is 0. The largest absolute Gasteiger partial charge is 0.493 e. The van der Waals surface area contributed by atoms with Gasteiger partial charge in [-0.15, -0.1) is 0 Å². The minimum atomic E-state index is -0.574. The Bertz CT molecular complexity index is 3190. The molecule has 12 nitrogen and oxygen atoms in total. The molecule has 0 radical (unpaired) electrons. The Morgan fingerprint density at radius 3 is 0.984 bits per heavy atom. The second kappa shape index (κ2) is 15.7. The fourth-order valence-electron chi connectivity index (χ4n) is 7.45. The number of carbonyl (C=O) groups excluding carboxylic acids is 4. The maximum absolute atomic E-state index is 14.0. The van der Waals surface area contributed by atoms with E-state index in [0.717, 1.165) is 0 Å². The molecule has 0 aromatic heterocycles. The summed E-state index contributed by atoms with van der Waals surface area (Å²) in [6, 6.07) is 41.1. The zero-order valence-electron chi connectivity index (χ0n) is 32.2. The lowest BCUT2D eigenvalue weighted by Crippen LogP contribution is -2.21. The summed E-state index contributed by atoms with van der Waals surface area (Å²) >= 11 is 0. The summed E-state index contributed by atoms with van der Waals surface area (Å²) in [5.41, 5.74) is 1.24. The van der Waals surface area contributed by atoms with Gasteiger partial charge in [-0.2, -0.15) is 0 Å². The molecule has 4 N–H and O–H groups in total. The second-order valence-electron chi connectivity index (χ2n) is 14.2. The van der Waals surface area contributed by atoms with Gasteiger partial charge in [0.25, 0.3) is 0 Å². The molecular weight excluding hydrogens is 785 g/mol. The Kier molecular flexibility index (Phi) is 9.77. The predicted octanol–water partition coefficient (Wildman–Crippen LogP) is 9.78. The highest BCUT2D eigenvalue weighted by molar-refractivity contribution is 6.33. The quantitative estimate of drug-likeness (QED) is 0.0858. The van der Waals surface area contributed by atoms with Gasteiger partial charge in [0.05, 0.1) is 45.0 Å². The van der Waals surface area contributed by atoms with Crippen LogP contribution >= 0.6 is 0 Å². The second-order valence-corrected chi connectivity index (χ2v) is 14.2. The Labute approximate surface area is 352 Å². The van der Waals surface area contributed by atoms with E-state index in [2.05, 4.69) is 20.0 Å². The number of aliphatic imine (C=N–C) groups is 4. The number of rotatable bonds is 8. The number of hydrogen-bond acceptors (Lipinski definition) is 8. The zero-order chi connectivity index (χ0) is 43.1. The zero-order valence-corrected chi connectivity index (χ0v) is 32.2. The molecule has 9 rings (SSSR count). The molecule has 0 bridgehead atoms. The molecule has 7 aromatic carbocycles. The number of hydrogen-bond donors (Lipinski definition) is 4. The van der Waals surface area contributed by atoms with Gasteiger partial charge in [-0.3, -0.25) is 19.2 Å². The van der Waals surface area contributed by atoms with Crippen LogP contribution < -0.4 is 0 Å². The van der Waals surface area contributed by atoms with E-state index < -0.39 is 34.9 Å². The first-order valence-corrected chi connectivity index (χ1v) is 19.1. The minimum absolute atomic E-state index is 0.00414. The molecule has 0 spiro atoms. The Morgan fingerprint density at radius 1 is 0.290 bits per heavy atom. The van der Waals surface area contributed by atoms with Crippen molar-refractivity contribution in [2.45, 2.75) is 0 Å². The van der Waals surface area contributed by atoms with Gasteiger partial charge < -0.3 is 20.4 Å². The lowest BCUT2D eigenvalue weighted by Gasteiger charge is -2.20. The molecule has 0 amide bonds. The van der Waals surface area contributed by atoms with Crippen molar-refractivity contribution in [3.63, 3.8) is 0 Å². The van der Waals surface area contributed by atoms with Crippen LogP contribution in [-0.4, -0.2) is 67.2 Å². The smallest absolute Gasteiger partial charge is 0.218 e. The molecule has 0 saturated heterocycles. The van der Waals surface area contributed by atoms with Gasteiger partial charge in [-0.25, -0.2) is 20.0 Å². The SMILES string of the molecule is O=C1c2cccc(N=C(O)c3cccc(C(O)=Nc4ccc(N=C(O)c5ccccc5)c5c4C(=O)c4ccccc4C5=O)c3)c2C(=O)c2cccc(N=C(O)c3ccccc3)c21. The number of nitrogens with zero attached hydrogens (tertiary/aromatic N) is 4. The molecule has 2 aliphatic carbocycles. The first kappa shape index (κ1) is 38.6. The normalized spacial score (nSPS) is 13.9. The third-order valence-electron chi connectivity index (χ3n) is 10.4. The molecule has 0 aliphatic heterocycles. The lowest BCUT2D eigenvalue weighted by atomic mass is 9.82. The summed E-state index contributed by atoms with van der Waals surface area (Å²) in [5, 5.41) is 44.3. The Balaban J connectivity index is 1.06. The van der Waals surface area contributed by atoms with Gasteiger partial charge in [-0.05, 0) is 66.7 Å². The van der Waals surface area contributed by atoms with Gasteiger partial charge in [0.15, 0.2) is 23.1 Å². The molecule has 0 unspecified atom stereocenters. The van der Waals surface area contributed by atoms with Crippen LogP contribution in [-0.2, 0) is 0 Å². The molecule has 12 heteroatoms. The predicted molar refractivity (Wildman–Crippen MR) is 234 cm³/mol. The molecule has 0 atom stereocenters. The first-order valence-electron chi connectivity index (χ1n) is 19.1. The van der Waals surface area contributed by atoms with Crippen molar-refractivity contribution in [2.75, 3.05) is 0 Å². The van der Waals surface area contributed by atoms with Gasteiger partial charge >= 0.3 is 0 Å². The number of aliphatic hydroxyl groups is 4. The van der Waals surface area contributed by atoms with Gasteiger partial charge in [0.2, 0.25) is 23.6 Å². The number of aliphatic hydroxyl groups excluding tert-OH is 4. The maximum atomic E-state index is 14.0. The standard InChI is InChI=1S/C50H30N4O8/c55-43-31-18-7-8-19-32(31)44(56)42-38(25-24-37(41(42)43)53-48(60)28-14-5-2-6-15-28)54-50(62)30-17-9-16-29(26-30)49(61)52-36-23-11-21-34-40(36)46(58)33-20-10-22-35(39(33)45(34)57)51-47(59)27-12-3-1-4-13-27/h1-26H,(H,51,59)(H,52,61)(H,53,60)(H,54,62). The van der Waals surface area contributed by atoms with Crippen molar-refractivity contribution in [2.24, 2.45) is 20.0 Å². The van der Waals surface area contributed by atoms with Crippen molar-refractivity contribution < 1.29 is 39.6 Å². The van der Waals surface area contributed by atoms with E-state index in [1.807, 2.05) is 0 Å². The summed E-state index contributed by atoms with van der Waals surface area (Å²) in [7, 11) is 0. The summed E-state index contributed by atoms with van der Waals surface area (Å²) in [4.78, 5) is 73.3. The average molecular weight is 815 g/mol. The highest BCUT2D eigenvalue weighted by Crippen LogP contribution is 2.40. The van der Waals surface area contributed by atoms with E-state index in [1.54, 1.807) is 78.9 Å². The van der Waals surface area contributed by atoms with E-state index >= 15 is 0 Å². The number of benzene rings is 7. The van der Waals surface area contributed by atoms with E-state index in [1.165, 1.54) is 78.9 Å². The molecular formula is C50H30N4O8. The van der Waals surface area contributed by atoms with E-state index in [9.17, 15) is 39.6 Å². The highest BCUT2D eigenvalue weighted by atomic mass is 16.3. The number of carbonyl (C=O) groups is 4. The van der Waals surface area contributed by atoms with Crippen LogP contribution in [0.5, 0.6) is 0 Å². The third-order valence-corrected chi connectivity index (χ3v) is 10.4. The van der Waals surface area contributed by atoms with E-state index in [4.69, 9.17) is 0 Å². The van der Waals surface area contributed by atoms with Crippen LogP contribution in [0.2, 0.25) is 0 Å². The van der Waals surface area contributed by atoms with Crippen molar-refractivity contribution in [3.8, 4) is 0 Å². The molecule has 0 fully saturated rings. The van der Waals surface area contributed by atoms with Crippen LogP contribution in [0, 0.1) is 0 Å². The third kappa shape index (κ3) is 6.82. The van der Waals surface area contributed by atoms with Crippen LogP contribution in [0.25, 0.3) is 0 Å². The Morgan fingerprint density at radius 2 is 0.581 bits per heavy atom. The first-order chi connectivity index (χ1) is 30.1. The topological polar surface area (TPSA) is 199 Å². The van der Waals surface area contributed by atoms with Gasteiger partial charge in [0, 0.05) is 44.5 Å². The van der Waals surface area contributed by atoms with Gasteiger partial charge in [-0.1, -0.05) is 91.0 Å². The molecule has 7 aromatic rings. The van der Waals surface area contributed by atoms with Crippen LogP contribution in [0.4, 0.5) is 22.7 Å². The highest BCUT2D eigenvalue weighted by Gasteiger charge is 2.36. The van der Waals surface area contributed by atoms with Crippen molar-refractivity contribution in [1.82, 2.24) is 0 Å². The summed E-state index contributed by atoms with van der Waals surface area (Å²) < 4.78 is 0. The number of ketones is 4. The van der Waals surface area contributed by atoms with Crippen molar-refractivity contribution >= 4 is 69.5 Å². The maximum Gasteiger partial charge on any atom is 0.218 e. The van der Waals surface area contributed by atoms with Crippen molar-refractivity contribution in [1.29, 1.82) is 0 Å². The number of fused-ring (bicyclic) bond motifs is 4. The van der Waals surface area contributed by atoms with E-state index in [0.29, 0.717) is 11.1 Å². The fraction of sp³-hybridized carbons (Fsp3) is 0. The van der Waals surface area contributed by atoms with Crippen LogP contribution in [0.15, 0.2) is 178 Å². The Hall–Kier alpha value is -8.90. The van der Waals surface area contributed by atoms with Crippen molar-refractivity contribution in [3.05, 3.63) is 224 Å². The minimum Gasteiger partial charge on any atom is -0.493 e. The molecule has 298 valence electrons. The van der Waals surface area contributed by atoms with Gasteiger partial charge in [0.1, 0.15) is 0 Å². The summed E-state index contributed by atoms with van der Waals surface area (Å²) in [5.74, 6) is -3.94. The monoisotopic (exact) mass is 814 g/mol. The molecule has 62 heavy (non-hydrogen) atoms. The van der Waals surface area contributed by atoms with Crippen LogP contribution in [0.3, 0.4) is 0 Å². The average Bonchev–Trinajstić information content (AvgIpc) is 3.30. The fourth-order valence-corrected chi connectivity index (χ4v) is 7.45. The molecule has 0 saturated carbocycles. The lowest BCUT2D eigenvalue weighted by molar-refractivity contribution is 0.0980. The van der Waals surface area contributed by atoms with E-state index in [-0.39, 0.29) is 90.2 Å². The molecule has 2 aliphatic rings.